The van der Waals surface area contributed by atoms with E-state index in [1.165, 1.54) is 7.11 Å². The predicted molar refractivity (Wildman–Crippen MR) is 120 cm³/mol. The first-order chi connectivity index (χ1) is 16.2. The molecule has 0 fully saturated rings. The zero-order valence-electron chi connectivity index (χ0n) is 18.1. The molecule has 0 aliphatic heterocycles. The van der Waals surface area contributed by atoms with Crippen LogP contribution in [0.25, 0.3) is 0 Å². The normalized spacial score (nSPS) is 10.9. The van der Waals surface area contributed by atoms with E-state index in [2.05, 4.69) is 10.6 Å². The van der Waals surface area contributed by atoms with E-state index in [4.69, 9.17) is 15.2 Å². The first-order valence-corrected chi connectivity index (χ1v) is 10.1. The lowest BCUT2D eigenvalue weighted by molar-refractivity contribution is -0.137. The van der Waals surface area contributed by atoms with Crippen LogP contribution in [-0.4, -0.2) is 19.0 Å². The van der Waals surface area contributed by atoms with Gasteiger partial charge in [0.25, 0.3) is 0 Å². The Bertz CT molecular complexity index is 1160. The molecule has 0 saturated carbocycles. The molecule has 178 valence electrons. The predicted octanol–water partition coefficient (Wildman–Crippen LogP) is 4.71. The van der Waals surface area contributed by atoms with E-state index < -0.39 is 23.7 Å². The van der Waals surface area contributed by atoms with Gasteiger partial charge in [-0.1, -0.05) is 30.3 Å². The van der Waals surface area contributed by atoms with Gasteiger partial charge in [-0.25, -0.2) is 4.79 Å². The third-order valence-electron chi connectivity index (χ3n) is 4.82. The molecule has 0 aliphatic rings. The minimum absolute atomic E-state index is 0.0594. The second-order valence-electron chi connectivity index (χ2n) is 7.18. The summed E-state index contributed by atoms with van der Waals surface area (Å²) in [6, 6.07) is 15.7. The summed E-state index contributed by atoms with van der Waals surface area (Å²) < 4.78 is 49.9. The number of carbonyl (C=O) groups excluding carboxylic acids is 2. The van der Waals surface area contributed by atoms with E-state index in [-0.39, 0.29) is 24.6 Å². The fraction of sp³-hybridized carbons (Fsp3) is 0.167. The number of amides is 3. The van der Waals surface area contributed by atoms with Crippen molar-refractivity contribution in [1.29, 1.82) is 0 Å². The molecule has 3 amide bonds. The summed E-state index contributed by atoms with van der Waals surface area (Å²) in [7, 11) is 1.29. The van der Waals surface area contributed by atoms with Crippen LogP contribution in [0.4, 0.5) is 23.7 Å². The second kappa shape index (κ2) is 10.6. The molecule has 0 unspecified atom stereocenters. The molecule has 0 spiro atoms. The summed E-state index contributed by atoms with van der Waals surface area (Å²) in [5, 5.41) is 4.98. The smallest absolute Gasteiger partial charge is 0.416 e. The highest BCUT2D eigenvalue weighted by atomic mass is 19.4. The van der Waals surface area contributed by atoms with E-state index >= 15 is 0 Å². The number of hydrogen-bond acceptors (Lipinski definition) is 4. The van der Waals surface area contributed by atoms with Gasteiger partial charge in [-0.3, -0.25) is 4.79 Å². The minimum Gasteiger partial charge on any atom is -0.495 e. The zero-order valence-corrected chi connectivity index (χ0v) is 18.1. The number of ether oxygens (including phenoxy) is 2. The summed E-state index contributed by atoms with van der Waals surface area (Å²) in [5.41, 5.74) is 6.06. The highest BCUT2D eigenvalue weighted by Crippen LogP contribution is 2.34. The number of methoxy groups -OCH3 is 1. The largest absolute Gasteiger partial charge is 0.495 e. The average molecular weight is 473 g/mol. The van der Waals surface area contributed by atoms with Crippen LogP contribution in [0.15, 0.2) is 66.7 Å². The average Bonchev–Trinajstić information content (AvgIpc) is 2.81. The maximum absolute atomic E-state index is 13.0. The fourth-order valence-electron chi connectivity index (χ4n) is 3.04. The van der Waals surface area contributed by atoms with Crippen molar-refractivity contribution in [2.45, 2.75) is 19.3 Å². The van der Waals surface area contributed by atoms with Crippen LogP contribution >= 0.6 is 0 Å². The lowest BCUT2D eigenvalue weighted by Crippen LogP contribution is -2.28. The molecular formula is C24H22F3N3O4. The van der Waals surface area contributed by atoms with Crippen molar-refractivity contribution in [1.82, 2.24) is 5.32 Å². The number of anilines is 1. The number of urea groups is 1. The maximum Gasteiger partial charge on any atom is 0.416 e. The van der Waals surface area contributed by atoms with E-state index in [1.807, 2.05) is 0 Å². The van der Waals surface area contributed by atoms with Gasteiger partial charge in [0.1, 0.15) is 18.1 Å². The molecule has 3 aromatic carbocycles. The summed E-state index contributed by atoms with van der Waals surface area (Å²) >= 11 is 0. The van der Waals surface area contributed by atoms with Gasteiger partial charge in [0.15, 0.2) is 0 Å². The van der Waals surface area contributed by atoms with Crippen molar-refractivity contribution in [2.75, 3.05) is 12.4 Å². The van der Waals surface area contributed by atoms with Crippen LogP contribution < -0.4 is 25.8 Å². The maximum atomic E-state index is 13.0. The molecule has 0 bridgehead atoms. The highest BCUT2D eigenvalue weighted by molar-refractivity contribution is 5.92. The van der Waals surface area contributed by atoms with Crippen LogP contribution in [0.2, 0.25) is 0 Å². The molecule has 0 aromatic heterocycles. The quantitative estimate of drug-likeness (QED) is 0.441. The molecule has 0 saturated heterocycles. The molecular weight excluding hydrogens is 451 g/mol. The van der Waals surface area contributed by atoms with Gasteiger partial charge >= 0.3 is 12.2 Å². The van der Waals surface area contributed by atoms with Crippen LogP contribution in [-0.2, 0) is 19.3 Å². The van der Waals surface area contributed by atoms with Crippen molar-refractivity contribution < 1.29 is 32.2 Å². The van der Waals surface area contributed by atoms with Gasteiger partial charge in [-0.2, -0.15) is 13.2 Å². The van der Waals surface area contributed by atoms with Crippen molar-refractivity contribution in [3.63, 3.8) is 0 Å². The lowest BCUT2D eigenvalue weighted by Gasteiger charge is -2.15. The zero-order chi connectivity index (χ0) is 24.7. The van der Waals surface area contributed by atoms with Crippen LogP contribution in [0.5, 0.6) is 11.5 Å². The number of rotatable bonds is 8. The summed E-state index contributed by atoms with van der Waals surface area (Å²) in [4.78, 5) is 23.5. The monoisotopic (exact) mass is 473 g/mol. The lowest BCUT2D eigenvalue weighted by atomic mass is 10.1. The Morgan fingerprint density at radius 1 is 0.971 bits per heavy atom. The SMILES string of the molecule is COc1ccc(C(F)(F)F)cc1NC(=O)NCc1ccccc1OCc1ccc(C(N)=O)cc1. The van der Waals surface area contributed by atoms with Crippen LogP contribution in [0, 0.1) is 0 Å². The Balaban J connectivity index is 1.63. The third kappa shape index (κ3) is 6.41. The molecule has 3 aromatic rings. The molecule has 0 heterocycles. The Morgan fingerprint density at radius 2 is 1.68 bits per heavy atom. The number of para-hydroxylation sites is 1. The van der Waals surface area contributed by atoms with Gasteiger partial charge in [-0.15, -0.1) is 0 Å². The topological polar surface area (TPSA) is 103 Å². The third-order valence-corrected chi connectivity index (χ3v) is 4.82. The van der Waals surface area contributed by atoms with E-state index in [0.717, 1.165) is 23.8 Å². The van der Waals surface area contributed by atoms with Crippen molar-refractivity contribution >= 4 is 17.6 Å². The Morgan fingerprint density at radius 3 is 2.32 bits per heavy atom. The highest BCUT2D eigenvalue weighted by Gasteiger charge is 2.31. The number of nitrogens with one attached hydrogen (secondary N) is 2. The van der Waals surface area contributed by atoms with Crippen LogP contribution in [0.1, 0.15) is 27.0 Å². The van der Waals surface area contributed by atoms with Gasteiger partial charge in [-0.05, 0) is 42.0 Å². The van der Waals surface area contributed by atoms with Gasteiger partial charge in [0.05, 0.1) is 18.4 Å². The van der Waals surface area contributed by atoms with Gasteiger partial charge in [0, 0.05) is 17.7 Å². The van der Waals surface area contributed by atoms with Crippen molar-refractivity contribution in [3.05, 3.63) is 89.0 Å². The Kier molecular flexibility index (Phi) is 7.62. The van der Waals surface area contributed by atoms with E-state index in [0.29, 0.717) is 16.9 Å². The first-order valence-electron chi connectivity index (χ1n) is 10.1. The van der Waals surface area contributed by atoms with Crippen molar-refractivity contribution in [2.24, 2.45) is 5.73 Å². The fourth-order valence-corrected chi connectivity index (χ4v) is 3.04. The van der Waals surface area contributed by atoms with Crippen LogP contribution in [0.3, 0.4) is 0 Å². The molecule has 10 heteroatoms. The first kappa shape index (κ1) is 24.4. The molecule has 4 N–H and O–H groups in total. The van der Waals surface area contributed by atoms with Gasteiger partial charge in [0.2, 0.25) is 5.91 Å². The standard InChI is InChI=1S/C24H22F3N3O4/c1-33-21-11-10-18(24(25,26)27)12-19(21)30-23(32)29-13-17-4-2-3-5-20(17)34-14-15-6-8-16(9-7-15)22(28)31/h2-12H,13-14H2,1H3,(H2,28,31)(H2,29,30,32). The number of primary amides is 1. The number of benzene rings is 3. The Hall–Kier alpha value is -4.21. The molecule has 0 aliphatic carbocycles. The molecule has 0 atom stereocenters. The molecule has 3 rings (SSSR count). The number of nitrogens with two attached hydrogens (primary N) is 1. The summed E-state index contributed by atoms with van der Waals surface area (Å²) in [5.74, 6) is 0.0811. The summed E-state index contributed by atoms with van der Waals surface area (Å²) in [6.45, 7) is 0.271. The van der Waals surface area contributed by atoms with E-state index in [9.17, 15) is 22.8 Å². The van der Waals surface area contributed by atoms with E-state index in [1.54, 1.807) is 48.5 Å². The van der Waals surface area contributed by atoms with Gasteiger partial charge < -0.3 is 25.8 Å². The second-order valence-corrected chi connectivity index (χ2v) is 7.18. The minimum atomic E-state index is -4.56. The number of halogens is 3. The van der Waals surface area contributed by atoms with Crippen molar-refractivity contribution in [3.8, 4) is 11.5 Å². The molecule has 7 nitrogen and oxygen atoms in total. The number of hydrogen-bond donors (Lipinski definition) is 3. The summed E-state index contributed by atoms with van der Waals surface area (Å²) in [6.07, 6.45) is -4.56. The number of carbonyl (C=O) groups is 2. The Labute approximate surface area is 193 Å². The molecule has 34 heavy (non-hydrogen) atoms. The number of alkyl halides is 3. The molecule has 0 radical (unpaired) electrons.